The van der Waals surface area contributed by atoms with E-state index in [1.54, 1.807) is 48.5 Å². The van der Waals surface area contributed by atoms with Crippen LogP contribution in [0.3, 0.4) is 0 Å². The summed E-state index contributed by atoms with van der Waals surface area (Å²) in [5.41, 5.74) is 1.85. The molecule has 0 saturated heterocycles. The number of nitrogens with one attached hydrogen (secondary N) is 2. The largest absolute Gasteiger partial charge is 0.462 e. The van der Waals surface area contributed by atoms with Crippen molar-refractivity contribution in [2.24, 2.45) is 0 Å². The first-order valence-electron chi connectivity index (χ1n) is 10.6. The van der Waals surface area contributed by atoms with Crippen molar-refractivity contribution in [3.8, 4) is 0 Å². The molecule has 170 valence electrons. The lowest BCUT2D eigenvalue weighted by Gasteiger charge is -2.08. The van der Waals surface area contributed by atoms with Gasteiger partial charge in [-0.15, -0.1) is 0 Å². The summed E-state index contributed by atoms with van der Waals surface area (Å²) in [7, 11) is 0. The Morgan fingerprint density at radius 1 is 0.625 bits per heavy atom. The van der Waals surface area contributed by atoms with Crippen LogP contribution in [0.1, 0.15) is 60.2 Å². The summed E-state index contributed by atoms with van der Waals surface area (Å²) in [6.45, 7) is 4.54. The second kappa shape index (κ2) is 12.9. The van der Waals surface area contributed by atoms with Gasteiger partial charge in [0.25, 0.3) is 0 Å². The minimum Gasteiger partial charge on any atom is -0.462 e. The minimum absolute atomic E-state index is 0.00640. The number of carbonyl (C=O) groups excluding carboxylic acids is 4. The Bertz CT molecular complexity index is 845. The Morgan fingerprint density at radius 2 is 0.969 bits per heavy atom. The molecule has 0 aromatic heterocycles. The van der Waals surface area contributed by atoms with Gasteiger partial charge in [-0.1, -0.05) is 13.8 Å². The zero-order valence-electron chi connectivity index (χ0n) is 18.3. The molecule has 0 spiro atoms. The number of rotatable bonds is 11. The average Bonchev–Trinajstić information content (AvgIpc) is 2.80. The third-order valence-electron chi connectivity index (χ3n) is 4.26. The van der Waals surface area contributed by atoms with Crippen LogP contribution in [0.25, 0.3) is 0 Å². The normalized spacial score (nSPS) is 10.2. The lowest BCUT2D eigenvalue weighted by Crippen LogP contribution is -2.17. The molecule has 2 rings (SSSR count). The first kappa shape index (κ1) is 24.6. The Morgan fingerprint density at radius 3 is 1.28 bits per heavy atom. The maximum absolute atomic E-state index is 12.1. The molecule has 0 aliphatic carbocycles. The molecule has 8 nitrogen and oxygen atoms in total. The van der Waals surface area contributed by atoms with Gasteiger partial charge in [-0.05, 0) is 61.4 Å². The molecule has 2 aromatic carbocycles. The van der Waals surface area contributed by atoms with Gasteiger partial charge in [0.2, 0.25) is 11.8 Å². The van der Waals surface area contributed by atoms with E-state index in [0.29, 0.717) is 35.7 Å². The van der Waals surface area contributed by atoms with E-state index in [4.69, 9.17) is 9.47 Å². The van der Waals surface area contributed by atoms with Crippen molar-refractivity contribution in [2.75, 3.05) is 23.8 Å². The summed E-state index contributed by atoms with van der Waals surface area (Å²) in [5, 5.41) is 5.37. The molecule has 0 aliphatic rings. The molecule has 0 atom stereocenters. The molecule has 0 fully saturated rings. The highest BCUT2D eigenvalue weighted by atomic mass is 16.5. The quantitative estimate of drug-likeness (QED) is 0.507. The zero-order valence-corrected chi connectivity index (χ0v) is 18.3. The predicted molar refractivity (Wildman–Crippen MR) is 121 cm³/mol. The van der Waals surface area contributed by atoms with Crippen LogP contribution in [0.15, 0.2) is 48.5 Å². The van der Waals surface area contributed by atoms with Crippen LogP contribution in [0.4, 0.5) is 11.4 Å². The van der Waals surface area contributed by atoms with Gasteiger partial charge in [0.15, 0.2) is 0 Å². The topological polar surface area (TPSA) is 111 Å². The molecule has 2 aromatic rings. The third-order valence-corrected chi connectivity index (χ3v) is 4.26. The number of benzene rings is 2. The molecule has 0 aliphatic heterocycles. The van der Waals surface area contributed by atoms with Gasteiger partial charge in [0.05, 0.1) is 24.3 Å². The number of anilines is 2. The second-order valence-corrected chi connectivity index (χ2v) is 7.02. The molecular formula is C24H28N2O6. The predicted octanol–water partition coefficient (Wildman–Crippen LogP) is 4.18. The first-order chi connectivity index (χ1) is 15.4. The fourth-order valence-electron chi connectivity index (χ4n) is 2.61. The van der Waals surface area contributed by atoms with Crippen LogP contribution >= 0.6 is 0 Å². The lowest BCUT2D eigenvalue weighted by molar-refractivity contribution is -0.121. The highest BCUT2D eigenvalue weighted by Gasteiger charge is 2.11. The number of ether oxygens (including phenoxy) is 2. The summed E-state index contributed by atoms with van der Waals surface area (Å²) in [6.07, 6.45) is 1.47. The first-order valence-corrected chi connectivity index (χ1v) is 10.6. The Balaban J connectivity index is 1.76. The van der Waals surface area contributed by atoms with Gasteiger partial charge in [-0.25, -0.2) is 9.59 Å². The van der Waals surface area contributed by atoms with Crippen LogP contribution in [0.2, 0.25) is 0 Å². The van der Waals surface area contributed by atoms with E-state index >= 15 is 0 Å². The van der Waals surface area contributed by atoms with Crippen molar-refractivity contribution in [1.29, 1.82) is 0 Å². The maximum Gasteiger partial charge on any atom is 0.338 e. The smallest absolute Gasteiger partial charge is 0.338 e. The van der Waals surface area contributed by atoms with E-state index in [1.807, 2.05) is 13.8 Å². The molecule has 32 heavy (non-hydrogen) atoms. The van der Waals surface area contributed by atoms with Crippen molar-refractivity contribution in [2.45, 2.75) is 39.5 Å². The summed E-state index contributed by atoms with van der Waals surface area (Å²) in [5.74, 6) is -1.47. The van der Waals surface area contributed by atoms with Crippen molar-refractivity contribution in [3.05, 3.63) is 59.7 Å². The molecule has 0 saturated carbocycles. The summed E-state index contributed by atoms with van der Waals surface area (Å²) in [4.78, 5) is 47.8. The Kier molecular flexibility index (Phi) is 9.90. The van der Waals surface area contributed by atoms with Crippen LogP contribution in [0, 0.1) is 0 Å². The summed E-state index contributed by atoms with van der Waals surface area (Å²) in [6, 6.07) is 12.7. The summed E-state index contributed by atoms with van der Waals surface area (Å²) < 4.78 is 10.1. The Hall–Kier alpha value is -3.68. The van der Waals surface area contributed by atoms with Gasteiger partial charge in [-0.2, -0.15) is 0 Å². The summed E-state index contributed by atoms with van der Waals surface area (Å²) >= 11 is 0. The monoisotopic (exact) mass is 440 g/mol. The van der Waals surface area contributed by atoms with Gasteiger partial charge in [-0.3, -0.25) is 9.59 Å². The number of hydrogen-bond donors (Lipinski definition) is 2. The van der Waals surface area contributed by atoms with Crippen LogP contribution < -0.4 is 10.6 Å². The highest BCUT2D eigenvalue weighted by Crippen LogP contribution is 2.13. The van der Waals surface area contributed by atoms with Crippen molar-refractivity contribution >= 4 is 35.1 Å². The number of hydrogen-bond acceptors (Lipinski definition) is 6. The SMILES string of the molecule is CCCOC(=O)c1ccc(NC(=O)CCC(=O)Nc2ccc(C(=O)OCCC)cc2)cc1. The highest BCUT2D eigenvalue weighted by molar-refractivity contribution is 5.97. The van der Waals surface area contributed by atoms with E-state index in [-0.39, 0.29) is 24.7 Å². The third kappa shape index (κ3) is 8.22. The maximum atomic E-state index is 12.1. The minimum atomic E-state index is -0.410. The fraction of sp³-hybridized carbons (Fsp3) is 0.333. The molecular weight excluding hydrogens is 412 g/mol. The van der Waals surface area contributed by atoms with Crippen molar-refractivity contribution in [3.63, 3.8) is 0 Å². The standard InChI is InChI=1S/C24H28N2O6/c1-3-15-31-23(29)17-5-9-19(10-6-17)25-21(27)13-14-22(28)26-20-11-7-18(8-12-20)24(30)32-16-4-2/h5-12H,3-4,13-16H2,1-2H3,(H,25,27)(H,26,28). The van der Waals surface area contributed by atoms with Gasteiger partial charge >= 0.3 is 11.9 Å². The molecule has 2 amide bonds. The number of amides is 2. The van der Waals surface area contributed by atoms with E-state index in [1.165, 1.54) is 0 Å². The van der Waals surface area contributed by atoms with Crippen LogP contribution in [0.5, 0.6) is 0 Å². The molecule has 0 heterocycles. The molecule has 8 heteroatoms. The lowest BCUT2D eigenvalue weighted by atomic mass is 10.2. The molecule has 0 radical (unpaired) electrons. The van der Waals surface area contributed by atoms with Gasteiger partial charge in [0, 0.05) is 24.2 Å². The van der Waals surface area contributed by atoms with Crippen LogP contribution in [-0.4, -0.2) is 37.0 Å². The van der Waals surface area contributed by atoms with Gasteiger partial charge in [0.1, 0.15) is 0 Å². The van der Waals surface area contributed by atoms with E-state index in [9.17, 15) is 19.2 Å². The second-order valence-electron chi connectivity index (χ2n) is 7.02. The number of carbonyl (C=O) groups is 4. The average molecular weight is 440 g/mol. The molecule has 0 bridgehead atoms. The van der Waals surface area contributed by atoms with E-state index in [2.05, 4.69) is 10.6 Å². The van der Waals surface area contributed by atoms with Crippen molar-refractivity contribution in [1.82, 2.24) is 0 Å². The van der Waals surface area contributed by atoms with Crippen LogP contribution in [-0.2, 0) is 19.1 Å². The molecule has 2 N–H and O–H groups in total. The fourth-order valence-corrected chi connectivity index (χ4v) is 2.61. The zero-order chi connectivity index (χ0) is 23.3. The van der Waals surface area contributed by atoms with E-state index < -0.39 is 11.9 Å². The molecule has 0 unspecified atom stereocenters. The number of esters is 2. The van der Waals surface area contributed by atoms with Gasteiger partial charge < -0.3 is 20.1 Å². The van der Waals surface area contributed by atoms with E-state index in [0.717, 1.165) is 12.8 Å². The van der Waals surface area contributed by atoms with Crippen molar-refractivity contribution < 1.29 is 28.7 Å². The Labute approximate surface area is 187 Å².